The van der Waals surface area contributed by atoms with E-state index in [2.05, 4.69) is 4.90 Å². The monoisotopic (exact) mass is 258 g/mol. The first-order valence-electron chi connectivity index (χ1n) is 6.30. The van der Waals surface area contributed by atoms with Crippen LogP contribution in [-0.4, -0.2) is 71.2 Å². The lowest BCUT2D eigenvalue weighted by atomic mass is 10.0. The van der Waals surface area contributed by atoms with E-state index in [0.29, 0.717) is 0 Å². The van der Waals surface area contributed by atoms with E-state index in [-0.39, 0.29) is 19.2 Å². The predicted octanol–water partition coefficient (Wildman–Crippen LogP) is -0.378. The molecule has 1 aliphatic heterocycles. The Morgan fingerprint density at radius 1 is 1.39 bits per heavy atom. The predicted molar refractivity (Wildman–Crippen MR) is 66.1 cm³/mol. The lowest BCUT2D eigenvalue weighted by molar-refractivity contribution is -0.152. The summed E-state index contributed by atoms with van der Waals surface area (Å²) in [4.78, 5) is 26.7. The number of hydrogen-bond donors (Lipinski definition) is 2. The fourth-order valence-electron chi connectivity index (χ4n) is 2.24. The second kappa shape index (κ2) is 6.70. The SMILES string of the molecule is CC(C(=O)O)C(=O)N(CCO)C1CCN(C)CC1. The van der Waals surface area contributed by atoms with E-state index >= 15 is 0 Å². The molecule has 6 nitrogen and oxygen atoms in total. The molecule has 1 fully saturated rings. The van der Waals surface area contributed by atoms with Crippen molar-refractivity contribution in [1.82, 2.24) is 9.80 Å². The molecule has 0 aromatic rings. The van der Waals surface area contributed by atoms with Crippen LogP contribution in [0.25, 0.3) is 0 Å². The number of carboxylic acid groups (broad SMARTS) is 1. The minimum absolute atomic E-state index is 0.0441. The molecule has 0 aliphatic carbocycles. The Morgan fingerprint density at radius 2 is 1.94 bits per heavy atom. The number of nitrogens with zero attached hydrogens (tertiary/aromatic N) is 2. The van der Waals surface area contributed by atoms with Crippen LogP contribution < -0.4 is 0 Å². The van der Waals surface area contributed by atoms with Crippen molar-refractivity contribution in [1.29, 1.82) is 0 Å². The van der Waals surface area contributed by atoms with Gasteiger partial charge in [-0.25, -0.2) is 0 Å². The number of hydrogen-bond acceptors (Lipinski definition) is 4. The van der Waals surface area contributed by atoms with Gasteiger partial charge in [0.25, 0.3) is 0 Å². The van der Waals surface area contributed by atoms with Gasteiger partial charge >= 0.3 is 5.97 Å². The molecule has 1 unspecified atom stereocenters. The summed E-state index contributed by atoms with van der Waals surface area (Å²) in [7, 11) is 2.02. The number of carbonyl (C=O) groups excluding carboxylic acids is 1. The molecule has 1 saturated heterocycles. The standard InChI is InChI=1S/C12H22N2O4/c1-9(12(17)18)11(16)14(7-8-15)10-3-5-13(2)6-4-10/h9-10,15H,3-8H2,1-2H3,(H,17,18). The van der Waals surface area contributed by atoms with Gasteiger partial charge in [0, 0.05) is 12.6 Å². The van der Waals surface area contributed by atoms with Crippen LogP contribution in [0.15, 0.2) is 0 Å². The number of carbonyl (C=O) groups is 2. The third-order valence-electron chi connectivity index (χ3n) is 3.49. The Hall–Kier alpha value is -1.14. The summed E-state index contributed by atoms with van der Waals surface area (Å²) in [6.07, 6.45) is 1.66. The van der Waals surface area contributed by atoms with Gasteiger partial charge in [0.05, 0.1) is 6.61 Å². The summed E-state index contributed by atoms with van der Waals surface area (Å²) in [6.45, 7) is 3.25. The lowest BCUT2D eigenvalue weighted by Gasteiger charge is -2.37. The molecule has 0 spiro atoms. The molecule has 0 saturated carbocycles. The van der Waals surface area contributed by atoms with Gasteiger partial charge in [0.2, 0.25) is 5.91 Å². The highest BCUT2D eigenvalue weighted by atomic mass is 16.4. The Balaban J connectivity index is 2.69. The van der Waals surface area contributed by atoms with E-state index < -0.39 is 17.8 Å². The second-order valence-electron chi connectivity index (χ2n) is 4.85. The van der Waals surface area contributed by atoms with Crippen LogP contribution in [-0.2, 0) is 9.59 Å². The molecule has 2 N–H and O–H groups in total. The molecular formula is C12H22N2O4. The zero-order valence-corrected chi connectivity index (χ0v) is 11.0. The maximum absolute atomic E-state index is 12.1. The van der Waals surface area contributed by atoms with E-state index in [9.17, 15) is 9.59 Å². The molecule has 6 heteroatoms. The smallest absolute Gasteiger partial charge is 0.315 e. The number of piperidine rings is 1. The Kier molecular flexibility index (Phi) is 5.55. The van der Waals surface area contributed by atoms with E-state index in [1.54, 1.807) is 0 Å². The molecule has 1 aliphatic rings. The maximum Gasteiger partial charge on any atom is 0.315 e. The van der Waals surface area contributed by atoms with Gasteiger partial charge in [0.15, 0.2) is 0 Å². The van der Waals surface area contributed by atoms with Crippen LogP contribution in [0.1, 0.15) is 19.8 Å². The highest BCUT2D eigenvalue weighted by Crippen LogP contribution is 2.17. The average molecular weight is 258 g/mol. The van der Waals surface area contributed by atoms with Gasteiger partial charge < -0.3 is 20.0 Å². The summed E-state index contributed by atoms with van der Waals surface area (Å²) >= 11 is 0. The van der Waals surface area contributed by atoms with E-state index in [1.165, 1.54) is 11.8 Å². The first-order chi connectivity index (χ1) is 8.47. The number of likely N-dealkylation sites (tertiary alicyclic amines) is 1. The van der Waals surface area contributed by atoms with Gasteiger partial charge in [-0.3, -0.25) is 9.59 Å². The quantitative estimate of drug-likeness (QED) is 0.657. The van der Waals surface area contributed by atoms with Crippen molar-refractivity contribution in [3.05, 3.63) is 0 Å². The number of aliphatic carboxylic acids is 1. The minimum atomic E-state index is -1.11. The fourth-order valence-corrected chi connectivity index (χ4v) is 2.24. The highest BCUT2D eigenvalue weighted by molar-refractivity contribution is 5.96. The van der Waals surface area contributed by atoms with Crippen LogP contribution >= 0.6 is 0 Å². The van der Waals surface area contributed by atoms with Crippen LogP contribution in [0.2, 0.25) is 0 Å². The van der Waals surface area contributed by atoms with Gasteiger partial charge in [-0.05, 0) is 39.9 Å². The largest absolute Gasteiger partial charge is 0.481 e. The molecule has 18 heavy (non-hydrogen) atoms. The third kappa shape index (κ3) is 3.68. The van der Waals surface area contributed by atoms with Crippen LogP contribution in [0.5, 0.6) is 0 Å². The summed E-state index contributed by atoms with van der Waals surface area (Å²) < 4.78 is 0. The zero-order valence-electron chi connectivity index (χ0n) is 11.0. The Morgan fingerprint density at radius 3 is 2.39 bits per heavy atom. The van der Waals surface area contributed by atoms with Gasteiger partial charge in [-0.1, -0.05) is 0 Å². The Bertz CT molecular complexity index is 300. The number of aliphatic hydroxyl groups excluding tert-OH is 1. The van der Waals surface area contributed by atoms with Crippen molar-refractivity contribution in [3.63, 3.8) is 0 Å². The zero-order chi connectivity index (χ0) is 13.7. The van der Waals surface area contributed by atoms with Crippen LogP contribution in [0, 0.1) is 5.92 Å². The lowest BCUT2D eigenvalue weighted by Crippen LogP contribution is -2.50. The van der Waals surface area contributed by atoms with Crippen molar-refractivity contribution < 1.29 is 19.8 Å². The highest BCUT2D eigenvalue weighted by Gasteiger charge is 2.32. The molecule has 0 radical (unpaired) electrons. The first-order valence-corrected chi connectivity index (χ1v) is 6.30. The van der Waals surface area contributed by atoms with Crippen LogP contribution in [0.3, 0.4) is 0 Å². The van der Waals surface area contributed by atoms with Crippen LogP contribution in [0.4, 0.5) is 0 Å². The number of aliphatic hydroxyl groups is 1. The molecule has 1 rings (SSSR count). The number of amides is 1. The third-order valence-corrected chi connectivity index (χ3v) is 3.49. The molecular weight excluding hydrogens is 236 g/mol. The molecule has 1 amide bonds. The molecule has 104 valence electrons. The molecule has 1 heterocycles. The Labute approximate surface area is 107 Å². The molecule has 0 aromatic carbocycles. The maximum atomic E-state index is 12.1. The molecule has 0 aromatic heterocycles. The molecule has 0 bridgehead atoms. The number of rotatable bonds is 5. The molecule has 1 atom stereocenters. The van der Waals surface area contributed by atoms with Crippen molar-refractivity contribution in [2.45, 2.75) is 25.8 Å². The first kappa shape index (κ1) is 14.9. The van der Waals surface area contributed by atoms with Crippen molar-refractivity contribution >= 4 is 11.9 Å². The topological polar surface area (TPSA) is 81.1 Å². The van der Waals surface area contributed by atoms with Gasteiger partial charge in [0.1, 0.15) is 5.92 Å². The second-order valence-corrected chi connectivity index (χ2v) is 4.85. The summed E-state index contributed by atoms with van der Waals surface area (Å²) in [5.74, 6) is -2.56. The average Bonchev–Trinajstić information content (AvgIpc) is 2.35. The summed E-state index contributed by atoms with van der Waals surface area (Å²) in [5, 5.41) is 17.9. The van der Waals surface area contributed by atoms with E-state index in [1.807, 2.05) is 7.05 Å². The normalized spacial score (nSPS) is 19.5. The fraction of sp³-hybridized carbons (Fsp3) is 0.833. The van der Waals surface area contributed by atoms with Gasteiger partial charge in [-0.15, -0.1) is 0 Å². The summed E-state index contributed by atoms with van der Waals surface area (Å²) in [5.41, 5.74) is 0. The van der Waals surface area contributed by atoms with Crippen molar-refractivity contribution in [2.75, 3.05) is 33.3 Å². The van der Waals surface area contributed by atoms with Crippen molar-refractivity contribution in [3.8, 4) is 0 Å². The van der Waals surface area contributed by atoms with E-state index in [0.717, 1.165) is 25.9 Å². The van der Waals surface area contributed by atoms with Crippen molar-refractivity contribution in [2.24, 2.45) is 5.92 Å². The van der Waals surface area contributed by atoms with E-state index in [4.69, 9.17) is 10.2 Å². The minimum Gasteiger partial charge on any atom is -0.481 e. The van der Waals surface area contributed by atoms with Gasteiger partial charge in [-0.2, -0.15) is 0 Å². The summed E-state index contributed by atoms with van der Waals surface area (Å²) in [6, 6.07) is 0.0441. The number of carboxylic acids is 1.